The second-order valence-electron chi connectivity index (χ2n) is 4.81. The van der Waals surface area contributed by atoms with Crippen molar-refractivity contribution in [2.75, 3.05) is 6.54 Å². The van der Waals surface area contributed by atoms with Gasteiger partial charge in [-0.1, -0.05) is 23.7 Å². The fourth-order valence-corrected chi connectivity index (χ4v) is 2.14. The van der Waals surface area contributed by atoms with Crippen LogP contribution in [0.2, 0.25) is 5.02 Å². The highest BCUT2D eigenvalue weighted by Crippen LogP contribution is 2.11. The summed E-state index contributed by atoms with van der Waals surface area (Å²) >= 11 is 5.96. The molecule has 0 radical (unpaired) electrons. The van der Waals surface area contributed by atoms with E-state index in [1.165, 1.54) is 0 Å². The molecule has 0 saturated heterocycles. The lowest BCUT2D eigenvalue weighted by molar-refractivity contribution is 0.0972. The molecule has 0 spiro atoms. The topological polar surface area (TPSA) is 92.6 Å². The first-order valence-corrected chi connectivity index (χ1v) is 7.61. The Labute approximate surface area is 162 Å². The van der Waals surface area contributed by atoms with Crippen molar-refractivity contribution < 1.29 is 9.21 Å². The van der Waals surface area contributed by atoms with Crippen molar-refractivity contribution >= 4 is 47.4 Å². The van der Waals surface area contributed by atoms with E-state index in [-0.39, 0.29) is 29.7 Å². The highest BCUT2D eigenvalue weighted by molar-refractivity contribution is 14.0. The van der Waals surface area contributed by atoms with Crippen LogP contribution in [-0.2, 0) is 13.1 Å². The number of nitrogens with two attached hydrogens (primary N) is 1. The van der Waals surface area contributed by atoms with Crippen LogP contribution in [0.5, 0.6) is 0 Å². The number of benzene rings is 1. The molecule has 0 aliphatic heterocycles. The van der Waals surface area contributed by atoms with Crippen LogP contribution >= 0.6 is 35.6 Å². The second-order valence-corrected chi connectivity index (χ2v) is 5.25. The molecule has 6 nitrogen and oxygen atoms in total. The predicted molar refractivity (Wildman–Crippen MR) is 106 cm³/mol. The molecule has 1 aromatic heterocycles. The molecule has 0 aliphatic carbocycles. The Balaban J connectivity index is 0.00000288. The second kappa shape index (κ2) is 10.2. The number of furan rings is 1. The summed E-state index contributed by atoms with van der Waals surface area (Å²) in [4.78, 5) is 15.5. The average Bonchev–Trinajstić information content (AvgIpc) is 2.99. The van der Waals surface area contributed by atoms with E-state index in [9.17, 15) is 4.79 Å². The summed E-state index contributed by atoms with van der Waals surface area (Å²) in [6, 6.07) is 10.8. The molecule has 0 fully saturated rings. The Bertz CT molecular complexity index is 703. The number of rotatable bonds is 6. The van der Waals surface area contributed by atoms with E-state index in [4.69, 9.17) is 21.8 Å². The lowest BCUT2D eigenvalue weighted by Crippen LogP contribution is -2.36. The van der Waals surface area contributed by atoms with Crippen molar-refractivity contribution in [3.63, 3.8) is 0 Å². The Morgan fingerprint density at radius 1 is 1.29 bits per heavy atom. The zero-order chi connectivity index (χ0) is 16.7. The van der Waals surface area contributed by atoms with E-state index >= 15 is 0 Å². The van der Waals surface area contributed by atoms with Gasteiger partial charge in [0.25, 0.3) is 5.91 Å². The number of nitrogens with zero attached hydrogens (tertiary/aromatic N) is 1. The van der Waals surface area contributed by atoms with Gasteiger partial charge in [-0.2, -0.15) is 0 Å². The third-order valence-electron chi connectivity index (χ3n) is 2.99. The largest absolute Gasteiger partial charge is 0.454 e. The van der Waals surface area contributed by atoms with Crippen LogP contribution < -0.4 is 16.4 Å². The van der Waals surface area contributed by atoms with Gasteiger partial charge in [0.2, 0.25) is 0 Å². The average molecular weight is 463 g/mol. The molecule has 0 unspecified atom stereocenters. The normalized spacial score (nSPS) is 10.8. The van der Waals surface area contributed by atoms with Crippen LogP contribution in [0.4, 0.5) is 0 Å². The van der Waals surface area contributed by atoms with Crippen molar-refractivity contribution in [3.8, 4) is 0 Å². The Hall–Kier alpha value is -1.74. The molecule has 1 heterocycles. The summed E-state index contributed by atoms with van der Waals surface area (Å²) in [7, 11) is 0. The minimum absolute atomic E-state index is 0. The number of nitrogens with one attached hydrogen (secondary N) is 2. The summed E-state index contributed by atoms with van der Waals surface area (Å²) < 4.78 is 5.31. The van der Waals surface area contributed by atoms with Gasteiger partial charge in [0.15, 0.2) is 11.7 Å². The van der Waals surface area contributed by atoms with E-state index in [0.717, 1.165) is 12.1 Å². The molecule has 0 aliphatic rings. The third kappa shape index (κ3) is 6.40. The van der Waals surface area contributed by atoms with Gasteiger partial charge < -0.3 is 20.8 Å². The van der Waals surface area contributed by atoms with Crippen molar-refractivity contribution in [1.29, 1.82) is 0 Å². The number of guanidine groups is 1. The van der Waals surface area contributed by atoms with E-state index in [2.05, 4.69) is 15.6 Å². The highest BCUT2D eigenvalue weighted by atomic mass is 127. The van der Waals surface area contributed by atoms with E-state index < -0.39 is 5.91 Å². The molecule has 8 heteroatoms. The number of hydrogen-bond acceptors (Lipinski definition) is 3. The molecule has 0 atom stereocenters. The lowest BCUT2D eigenvalue weighted by atomic mass is 10.2. The summed E-state index contributed by atoms with van der Waals surface area (Å²) in [6.45, 7) is 3.61. The van der Waals surface area contributed by atoms with Gasteiger partial charge in [-0.15, -0.1) is 24.0 Å². The number of carbonyl (C=O) groups is 1. The molecule has 2 aromatic rings. The molecular formula is C16H20ClIN4O2. The molecule has 1 amide bonds. The van der Waals surface area contributed by atoms with Crippen LogP contribution in [-0.4, -0.2) is 18.4 Å². The summed E-state index contributed by atoms with van der Waals surface area (Å²) in [6.07, 6.45) is 0. The van der Waals surface area contributed by atoms with Crippen LogP contribution in [0.25, 0.3) is 0 Å². The lowest BCUT2D eigenvalue weighted by Gasteiger charge is -2.10. The number of aliphatic imine (C=N–C) groups is 1. The maximum atomic E-state index is 11.0. The van der Waals surface area contributed by atoms with Crippen molar-refractivity contribution in [2.24, 2.45) is 10.7 Å². The molecule has 0 saturated carbocycles. The van der Waals surface area contributed by atoms with Gasteiger partial charge in [0, 0.05) is 11.6 Å². The zero-order valence-corrected chi connectivity index (χ0v) is 16.3. The smallest absolute Gasteiger partial charge is 0.284 e. The molecule has 0 bridgehead atoms. The standard InChI is InChI=1S/C16H19ClN4O2.HI/c1-2-19-16(20-9-11-4-3-5-12(17)8-11)21-10-13-6-7-14(23-13)15(18)22;/h3-8H,2,9-10H2,1H3,(H2,18,22)(H2,19,20,21);1H. The number of carbonyl (C=O) groups excluding carboxylic acids is 1. The molecule has 4 N–H and O–H groups in total. The SMILES string of the molecule is CCNC(=NCc1cccc(Cl)c1)NCc1ccc(C(N)=O)o1.I. The van der Waals surface area contributed by atoms with Crippen LogP contribution in [0.15, 0.2) is 45.8 Å². The van der Waals surface area contributed by atoms with Crippen molar-refractivity contribution in [3.05, 3.63) is 58.5 Å². The summed E-state index contributed by atoms with van der Waals surface area (Å²) in [5, 5.41) is 6.96. The van der Waals surface area contributed by atoms with Crippen molar-refractivity contribution in [2.45, 2.75) is 20.0 Å². The van der Waals surface area contributed by atoms with Crippen LogP contribution in [0, 0.1) is 0 Å². The van der Waals surface area contributed by atoms with Gasteiger partial charge in [0.05, 0.1) is 13.1 Å². The zero-order valence-electron chi connectivity index (χ0n) is 13.2. The minimum atomic E-state index is -0.585. The van der Waals surface area contributed by atoms with E-state index in [0.29, 0.717) is 29.8 Å². The van der Waals surface area contributed by atoms with Crippen molar-refractivity contribution in [1.82, 2.24) is 10.6 Å². The van der Waals surface area contributed by atoms with Crippen LogP contribution in [0.1, 0.15) is 28.8 Å². The quantitative estimate of drug-likeness (QED) is 0.350. The molecule has 1 aromatic carbocycles. The Morgan fingerprint density at radius 2 is 2.08 bits per heavy atom. The van der Waals surface area contributed by atoms with Gasteiger partial charge in [0.1, 0.15) is 5.76 Å². The van der Waals surface area contributed by atoms with Crippen LogP contribution in [0.3, 0.4) is 0 Å². The highest BCUT2D eigenvalue weighted by Gasteiger charge is 2.07. The molecule has 130 valence electrons. The van der Waals surface area contributed by atoms with Gasteiger partial charge >= 0.3 is 0 Å². The first-order chi connectivity index (χ1) is 11.1. The first kappa shape index (κ1) is 20.3. The summed E-state index contributed by atoms with van der Waals surface area (Å²) in [5.41, 5.74) is 6.17. The van der Waals surface area contributed by atoms with Gasteiger partial charge in [-0.3, -0.25) is 4.79 Å². The predicted octanol–water partition coefficient (Wildman–Crippen LogP) is 2.91. The fraction of sp³-hybridized carbons (Fsp3) is 0.250. The number of hydrogen-bond donors (Lipinski definition) is 3. The number of primary amides is 1. The number of amides is 1. The molecule has 24 heavy (non-hydrogen) atoms. The third-order valence-corrected chi connectivity index (χ3v) is 3.22. The van der Waals surface area contributed by atoms with E-state index in [1.807, 2.05) is 31.2 Å². The maximum absolute atomic E-state index is 11.0. The summed E-state index contributed by atoms with van der Waals surface area (Å²) in [5.74, 6) is 0.803. The monoisotopic (exact) mass is 462 g/mol. The van der Waals surface area contributed by atoms with Gasteiger partial charge in [-0.25, -0.2) is 4.99 Å². The number of halogens is 2. The molecule has 2 rings (SSSR count). The fourth-order valence-electron chi connectivity index (χ4n) is 1.92. The Morgan fingerprint density at radius 3 is 2.71 bits per heavy atom. The van der Waals surface area contributed by atoms with E-state index in [1.54, 1.807) is 12.1 Å². The minimum Gasteiger partial charge on any atom is -0.454 e. The first-order valence-electron chi connectivity index (χ1n) is 7.23. The van der Waals surface area contributed by atoms with Gasteiger partial charge in [-0.05, 0) is 36.8 Å². The Kier molecular flexibility index (Phi) is 8.62. The maximum Gasteiger partial charge on any atom is 0.284 e. The molecular weight excluding hydrogens is 443 g/mol.